The van der Waals surface area contributed by atoms with Crippen molar-refractivity contribution in [1.29, 1.82) is 0 Å². The van der Waals surface area contributed by atoms with E-state index in [0.717, 1.165) is 13.8 Å². The van der Waals surface area contributed by atoms with Gasteiger partial charge in [0.2, 0.25) is 11.5 Å². The molecule has 0 fully saturated rings. The Kier molecular flexibility index (Phi) is 5.21. The van der Waals surface area contributed by atoms with Crippen molar-refractivity contribution in [3.8, 4) is 0 Å². The van der Waals surface area contributed by atoms with Crippen molar-refractivity contribution >= 4 is 0 Å². The molecule has 0 aromatic carbocycles. The fourth-order valence-corrected chi connectivity index (χ4v) is 2.61. The maximum atomic E-state index is 10.3. The van der Waals surface area contributed by atoms with Gasteiger partial charge in [-0.25, -0.2) is 0 Å². The number of hydrogen-bond donors (Lipinski definition) is 8. The van der Waals surface area contributed by atoms with E-state index in [9.17, 15) is 35.7 Å². The van der Waals surface area contributed by atoms with Gasteiger partial charge < -0.3 is 55.1 Å². The van der Waals surface area contributed by atoms with Crippen LogP contribution in [-0.2, 0) is 14.2 Å². The zero-order valence-electron chi connectivity index (χ0n) is 13.5. The van der Waals surface area contributed by atoms with Crippen LogP contribution in [0.3, 0.4) is 0 Å². The van der Waals surface area contributed by atoms with Gasteiger partial charge in [0.25, 0.3) is 5.79 Å². The SMILES string of the molecule is CC1(O)OC(CO)[C@@H](O)C(O)=C1OC1(C)OC(CO)[C@@H](O)C(O)=C1O. The topological polar surface area (TPSA) is 190 Å². The molecule has 25 heavy (non-hydrogen) atoms. The third-order valence-corrected chi connectivity index (χ3v) is 4.01. The molecule has 11 heteroatoms. The van der Waals surface area contributed by atoms with Crippen LogP contribution in [0.5, 0.6) is 0 Å². The highest BCUT2D eigenvalue weighted by molar-refractivity contribution is 5.23. The largest absolute Gasteiger partial charge is 0.506 e. The Hall–Kier alpha value is -1.60. The zero-order valence-corrected chi connectivity index (χ0v) is 13.5. The van der Waals surface area contributed by atoms with Gasteiger partial charge in [-0.2, -0.15) is 0 Å². The van der Waals surface area contributed by atoms with Crippen LogP contribution in [0.15, 0.2) is 23.0 Å². The van der Waals surface area contributed by atoms with Crippen molar-refractivity contribution < 1.29 is 55.1 Å². The number of rotatable bonds is 4. The second-order valence-corrected chi connectivity index (χ2v) is 6.05. The van der Waals surface area contributed by atoms with Crippen LogP contribution < -0.4 is 0 Å². The Morgan fingerprint density at radius 3 is 1.92 bits per heavy atom. The van der Waals surface area contributed by atoms with E-state index in [1.165, 1.54) is 0 Å². The Balaban J connectivity index is 2.44. The lowest BCUT2D eigenvalue weighted by molar-refractivity contribution is -0.306. The monoisotopic (exact) mass is 366 g/mol. The van der Waals surface area contributed by atoms with E-state index in [2.05, 4.69) is 0 Å². The fourth-order valence-electron chi connectivity index (χ4n) is 2.61. The lowest BCUT2D eigenvalue weighted by Gasteiger charge is -2.44. The van der Waals surface area contributed by atoms with Gasteiger partial charge >= 0.3 is 0 Å². The standard InChI is InChI=1S/C14H22O11/c1-13(22)12(10(20)8(18)5(3-15)23-13)25-14(2)11(21)9(19)7(17)6(4-16)24-14/h5-8,15-22H,3-4H2,1-2H3/t5?,6?,7-,8-,13?,14?/m1/s1. The zero-order chi connectivity index (χ0) is 19.2. The van der Waals surface area contributed by atoms with Crippen LogP contribution in [0.1, 0.15) is 13.8 Å². The van der Waals surface area contributed by atoms with Gasteiger partial charge in [-0.1, -0.05) is 0 Å². The van der Waals surface area contributed by atoms with E-state index in [1.807, 2.05) is 0 Å². The molecule has 2 heterocycles. The summed E-state index contributed by atoms with van der Waals surface area (Å²) < 4.78 is 15.5. The molecule has 2 rings (SSSR count). The van der Waals surface area contributed by atoms with E-state index in [0.29, 0.717) is 0 Å². The van der Waals surface area contributed by atoms with Gasteiger partial charge in [0.1, 0.15) is 24.4 Å². The van der Waals surface area contributed by atoms with Crippen molar-refractivity contribution in [3.05, 3.63) is 23.0 Å². The summed E-state index contributed by atoms with van der Waals surface area (Å²) in [6.07, 6.45) is -6.19. The molecule has 0 aromatic heterocycles. The molecular weight excluding hydrogens is 344 g/mol. The summed E-state index contributed by atoms with van der Waals surface area (Å²) in [4.78, 5) is 0. The van der Waals surface area contributed by atoms with E-state index in [1.54, 1.807) is 0 Å². The maximum absolute atomic E-state index is 10.3. The average Bonchev–Trinajstić information content (AvgIpc) is 2.57. The number of hydrogen-bond acceptors (Lipinski definition) is 11. The molecule has 6 atom stereocenters. The molecule has 11 nitrogen and oxygen atoms in total. The van der Waals surface area contributed by atoms with Crippen molar-refractivity contribution in [2.24, 2.45) is 0 Å². The minimum absolute atomic E-state index is 0.715. The van der Waals surface area contributed by atoms with Crippen molar-refractivity contribution in [2.45, 2.75) is 49.8 Å². The molecular formula is C14H22O11. The summed E-state index contributed by atoms with van der Waals surface area (Å²) in [6, 6.07) is 0. The van der Waals surface area contributed by atoms with Gasteiger partial charge in [0.15, 0.2) is 17.3 Å². The molecule has 8 N–H and O–H groups in total. The maximum Gasteiger partial charge on any atom is 0.270 e. The Labute approximate surface area is 142 Å². The molecule has 0 saturated carbocycles. The van der Waals surface area contributed by atoms with Crippen molar-refractivity contribution in [2.75, 3.05) is 13.2 Å². The number of ether oxygens (including phenoxy) is 3. The third kappa shape index (κ3) is 3.27. The summed E-state index contributed by atoms with van der Waals surface area (Å²) in [5, 5.41) is 78.1. The number of aliphatic hydroxyl groups is 8. The molecule has 2 aliphatic rings. The van der Waals surface area contributed by atoms with Gasteiger partial charge in [-0.15, -0.1) is 0 Å². The van der Waals surface area contributed by atoms with E-state index in [4.69, 9.17) is 19.3 Å². The quantitative estimate of drug-likeness (QED) is 0.275. The van der Waals surface area contributed by atoms with Crippen LogP contribution in [-0.4, -0.2) is 90.1 Å². The summed E-state index contributed by atoms with van der Waals surface area (Å²) in [7, 11) is 0. The molecule has 4 unspecified atom stereocenters. The van der Waals surface area contributed by atoms with Crippen LogP contribution in [0.25, 0.3) is 0 Å². The molecule has 0 amide bonds. The summed E-state index contributed by atoms with van der Waals surface area (Å²) in [5.41, 5.74) is 0. The first kappa shape index (κ1) is 19.7. The molecule has 0 spiro atoms. The molecule has 144 valence electrons. The Morgan fingerprint density at radius 1 is 0.920 bits per heavy atom. The first-order valence-electron chi connectivity index (χ1n) is 7.39. The molecule has 2 aliphatic heterocycles. The van der Waals surface area contributed by atoms with Gasteiger partial charge in [0.05, 0.1) is 13.2 Å². The summed E-state index contributed by atoms with van der Waals surface area (Å²) in [6.45, 7) is 0.657. The predicted molar refractivity (Wildman–Crippen MR) is 78.0 cm³/mol. The van der Waals surface area contributed by atoms with Gasteiger partial charge in [-0.05, 0) is 6.92 Å². The second kappa shape index (κ2) is 6.61. The molecule has 0 bridgehead atoms. The lowest BCUT2D eigenvalue weighted by Crippen LogP contribution is -2.55. The van der Waals surface area contributed by atoms with Gasteiger partial charge in [0, 0.05) is 6.92 Å². The fraction of sp³-hybridized carbons (Fsp3) is 0.714. The third-order valence-electron chi connectivity index (χ3n) is 4.01. The highest BCUT2D eigenvalue weighted by Crippen LogP contribution is 2.40. The number of aliphatic hydroxyl groups excluding tert-OH is 7. The highest BCUT2D eigenvalue weighted by Gasteiger charge is 2.52. The first-order valence-corrected chi connectivity index (χ1v) is 7.39. The van der Waals surface area contributed by atoms with Crippen LogP contribution in [0.2, 0.25) is 0 Å². The Morgan fingerprint density at radius 2 is 1.40 bits per heavy atom. The second-order valence-electron chi connectivity index (χ2n) is 6.05. The summed E-state index contributed by atoms with van der Waals surface area (Å²) >= 11 is 0. The first-order chi connectivity index (χ1) is 11.5. The molecule has 0 aliphatic carbocycles. The minimum atomic E-state index is -2.33. The van der Waals surface area contributed by atoms with E-state index in [-0.39, 0.29) is 0 Å². The summed E-state index contributed by atoms with van der Waals surface area (Å²) in [5.74, 6) is -8.11. The predicted octanol–water partition coefficient (Wildman–Crippen LogP) is -1.97. The highest BCUT2D eigenvalue weighted by atomic mass is 16.7. The smallest absolute Gasteiger partial charge is 0.270 e. The van der Waals surface area contributed by atoms with Gasteiger partial charge in [-0.3, -0.25) is 0 Å². The Bertz CT molecular complexity index is 583. The van der Waals surface area contributed by atoms with Crippen LogP contribution >= 0.6 is 0 Å². The molecule has 0 aromatic rings. The average molecular weight is 366 g/mol. The molecule has 0 saturated heterocycles. The normalized spacial score (nSPS) is 42.7. The minimum Gasteiger partial charge on any atom is -0.506 e. The van der Waals surface area contributed by atoms with Crippen molar-refractivity contribution in [3.63, 3.8) is 0 Å². The van der Waals surface area contributed by atoms with E-state index >= 15 is 0 Å². The van der Waals surface area contributed by atoms with Crippen molar-refractivity contribution in [1.82, 2.24) is 0 Å². The molecule has 0 radical (unpaired) electrons. The van der Waals surface area contributed by atoms with Crippen LogP contribution in [0.4, 0.5) is 0 Å². The lowest BCUT2D eigenvalue weighted by atomic mass is 10.0. The van der Waals surface area contributed by atoms with E-state index < -0.39 is 72.2 Å². The van der Waals surface area contributed by atoms with Crippen LogP contribution in [0, 0.1) is 0 Å².